The van der Waals surface area contributed by atoms with Crippen molar-refractivity contribution in [2.24, 2.45) is 23.7 Å². The van der Waals surface area contributed by atoms with E-state index in [2.05, 4.69) is 10.1 Å². The fraction of sp³-hybridized carbons (Fsp3) is 0.733. The Bertz CT molecular complexity index is 533. The molecule has 2 bridgehead atoms. The normalized spacial score (nSPS) is 32.4. The Morgan fingerprint density at radius 2 is 1.78 bits per heavy atom. The second kappa shape index (κ2) is 5.79. The largest absolute Gasteiger partial charge is 0.459 e. The van der Waals surface area contributed by atoms with Gasteiger partial charge in [0.1, 0.15) is 0 Å². The van der Waals surface area contributed by atoms with Gasteiger partial charge < -0.3 is 10.1 Å². The van der Waals surface area contributed by atoms with E-state index in [-0.39, 0.29) is 23.8 Å². The van der Waals surface area contributed by atoms with Crippen LogP contribution in [0.2, 0.25) is 0 Å². The van der Waals surface area contributed by atoms with Crippen molar-refractivity contribution < 1.29 is 31.9 Å². The van der Waals surface area contributed by atoms with Gasteiger partial charge in [-0.2, -0.15) is 8.78 Å². The van der Waals surface area contributed by atoms with E-state index in [0.717, 1.165) is 12.8 Å². The monoisotopic (exact) mass is 335 g/mol. The maximum Gasteiger partial charge on any atom is 0.340 e. The number of hydrogen-bond donors (Lipinski definition) is 1. The second-order valence-electron chi connectivity index (χ2n) is 6.45. The SMILES string of the molecule is O=C(NC1CC1)[C@@H]1[C@@H](C(=O)OCC(F)(F)C(F)F)[C@H]2C=C[C@H]1C2. The van der Waals surface area contributed by atoms with E-state index in [1.807, 2.05) is 6.08 Å². The van der Waals surface area contributed by atoms with E-state index in [1.54, 1.807) is 6.08 Å². The summed E-state index contributed by atoms with van der Waals surface area (Å²) >= 11 is 0. The zero-order valence-corrected chi connectivity index (χ0v) is 12.2. The van der Waals surface area contributed by atoms with Crippen LogP contribution >= 0.6 is 0 Å². The molecule has 23 heavy (non-hydrogen) atoms. The van der Waals surface area contributed by atoms with Gasteiger partial charge in [0.2, 0.25) is 5.91 Å². The van der Waals surface area contributed by atoms with Gasteiger partial charge in [0.25, 0.3) is 0 Å². The Hall–Kier alpha value is -1.60. The molecule has 0 aliphatic heterocycles. The molecule has 3 aliphatic rings. The minimum Gasteiger partial charge on any atom is -0.459 e. The molecule has 0 aromatic heterocycles. The standard InChI is InChI=1S/C15H17F4NO3/c16-14(17)15(18,19)6-23-13(22)11-8-2-1-7(5-8)10(11)12(21)20-9-3-4-9/h1-2,7-11,14H,3-6H2,(H,20,21)/t7-,8-,10-,11-/m0/s1. The van der Waals surface area contributed by atoms with Gasteiger partial charge in [-0.15, -0.1) is 0 Å². The molecule has 4 nitrogen and oxygen atoms in total. The molecule has 3 rings (SSSR count). The molecule has 0 radical (unpaired) electrons. The van der Waals surface area contributed by atoms with Crippen LogP contribution in [0.15, 0.2) is 12.2 Å². The van der Waals surface area contributed by atoms with Crippen LogP contribution < -0.4 is 5.32 Å². The fourth-order valence-electron chi connectivity index (χ4n) is 3.35. The zero-order chi connectivity index (χ0) is 16.8. The highest BCUT2D eigenvalue weighted by Gasteiger charge is 2.53. The molecular weight excluding hydrogens is 318 g/mol. The molecule has 0 spiro atoms. The molecule has 0 aromatic carbocycles. The van der Waals surface area contributed by atoms with Crippen molar-refractivity contribution in [2.75, 3.05) is 6.61 Å². The van der Waals surface area contributed by atoms with Gasteiger partial charge in [-0.3, -0.25) is 9.59 Å². The van der Waals surface area contributed by atoms with E-state index < -0.39 is 36.8 Å². The van der Waals surface area contributed by atoms with E-state index in [9.17, 15) is 27.2 Å². The summed E-state index contributed by atoms with van der Waals surface area (Å²) < 4.78 is 54.5. The van der Waals surface area contributed by atoms with E-state index >= 15 is 0 Å². The summed E-state index contributed by atoms with van der Waals surface area (Å²) in [5.74, 6) is -7.61. The summed E-state index contributed by atoms with van der Waals surface area (Å²) in [5.41, 5.74) is 0. The van der Waals surface area contributed by atoms with Crippen molar-refractivity contribution in [2.45, 2.75) is 37.7 Å². The molecule has 0 aromatic rings. The Labute approximate surface area is 130 Å². The van der Waals surface area contributed by atoms with Crippen molar-refractivity contribution in [3.05, 3.63) is 12.2 Å². The molecule has 3 aliphatic carbocycles. The van der Waals surface area contributed by atoms with Crippen LogP contribution in [0, 0.1) is 23.7 Å². The van der Waals surface area contributed by atoms with E-state index in [0.29, 0.717) is 6.42 Å². The quantitative estimate of drug-likeness (QED) is 0.460. The molecule has 4 atom stereocenters. The van der Waals surface area contributed by atoms with Crippen molar-refractivity contribution >= 4 is 11.9 Å². The highest BCUT2D eigenvalue weighted by molar-refractivity contribution is 5.87. The van der Waals surface area contributed by atoms with Crippen molar-refractivity contribution in [1.82, 2.24) is 5.32 Å². The predicted molar refractivity (Wildman–Crippen MR) is 70.8 cm³/mol. The Kier molecular flexibility index (Phi) is 4.10. The molecule has 0 saturated heterocycles. The maximum atomic E-state index is 12.9. The predicted octanol–water partition coefficient (Wildman–Crippen LogP) is 2.15. The Balaban J connectivity index is 1.65. The summed E-state index contributed by atoms with van der Waals surface area (Å²) in [4.78, 5) is 24.4. The molecule has 1 N–H and O–H groups in total. The van der Waals surface area contributed by atoms with Crippen LogP contribution in [0.4, 0.5) is 17.6 Å². The molecule has 0 unspecified atom stereocenters. The molecular formula is C15H17F4NO3. The fourth-order valence-corrected chi connectivity index (χ4v) is 3.35. The third-order valence-electron chi connectivity index (χ3n) is 4.68. The number of fused-ring (bicyclic) bond motifs is 2. The molecule has 2 fully saturated rings. The summed E-state index contributed by atoms with van der Waals surface area (Å²) in [7, 11) is 0. The number of ether oxygens (including phenoxy) is 1. The first-order valence-corrected chi connectivity index (χ1v) is 7.61. The van der Waals surface area contributed by atoms with Gasteiger partial charge in [-0.05, 0) is 31.1 Å². The summed E-state index contributed by atoms with van der Waals surface area (Å²) in [5, 5.41) is 2.81. The van der Waals surface area contributed by atoms with Gasteiger partial charge in [0.15, 0.2) is 6.61 Å². The zero-order valence-electron chi connectivity index (χ0n) is 12.2. The van der Waals surface area contributed by atoms with E-state index in [1.165, 1.54) is 0 Å². The number of carbonyl (C=O) groups is 2. The second-order valence-corrected chi connectivity index (χ2v) is 6.45. The van der Waals surface area contributed by atoms with Crippen LogP contribution in [0.3, 0.4) is 0 Å². The number of alkyl halides is 4. The topological polar surface area (TPSA) is 55.4 Å². The number of nitrogens with one attached hydrogen (secondary N) is 1. The lowest BCUT2D eigenvalue weighted by atomic mass is 9.82. The van der Waals surface area contributed by atoms with Gasteiger partial charge >= 0.3 is 18.3 Å². The summed E-state index contributed by atoms with van der Waals surface area (Å²) in [6, 6.07) is 0.116. The first kappa shape index (κ1) is 16.3. The lowest BCUT2D eigenvalue weighted by molar-refractivity contribution is -0.184. The number of amides is 1. The first-order valence-electron chi connectivity index (χ1n) is 7.61. The first-order chi connectivity index (χ1) is 10.8. The number of allylic oxidation sites excluding steroid dienone is 2. The third kappa shape index (κ3) is 3.21. The summed E-state index contributed by atoms with van der Waals surface area (Å²) in [6.45, 7) is -1.67. The minimum atomic E-state index is -4.38. The molecule has 2 saturated carbocycles. The maximum absolute atomic E-state index is 12.9. The van der Waals surface area contributed by atoms with Crippen molar-refractivity contribution in [3.8, 4) is 0 Å². The Morgan fingerprint density at radius 3 is 2.35 bits per heavy atom. The van der Waals surface area contributed by atoms with Crippen molar-refractivity contribution in [1.29, 1.82) is 0 Å². The van der Waals surface area contributed by atoms with Crippen LogP contribution in [0.5, 0.6) is 0 Å². The lowest BCUT2D eigenvalue weighted by Gasteiger charge is -2.26. The van der Waals surface area contributed by atoms with Crippen LogP contribution in [0.25, 0.3) is 0 Å². The van der Waals surface area contributed by atoms with Crippen LogP contribution in [-0.4, -0.2) is 36.9 Å². The highest BCUT2D eigenvalue weighted by Crippen LogP contribution is 2.49. The molecule has 0 heterocycles. The lowest BCUT2D eigenvalue weighted by Crippen LogP contribution is -2.42. The van der Waals surface area contributed by atoms with Gasteiger partial charge in [0.05, 0.1) is 11.8 Å². The Morgan fingerprint density at radius 1 is 1.17 bits per heavy atom. The molecule has 8 heteroatoms. The average molecular weight is 335 g/mol. The van der Waals surface area contributed by atoms with Crippen molar-refractivity contribution in [3.63, 3.8) is 0 Å². The summed E-state index contributed by atoms with van der Waals surface area (Å²) in [6.07, 6.45) is 2.07. The number of halogens is 4. The molecule has 1 amide bonds. The number of hydrogen-bond acceptors (Lipinski definition) is 3. The minimum absolute atomic E-state index is 0.116. The molecule has 128 valence electrons. The van der Waals surface area contributed by atoms with Gasteiger partial charge in [0, 0.05) is 6.04 Å². The highest BCUT2D eigenvalue weighted by atomic mass is 19.3. The van der Waals surface area contributed by atoms with E-state index in [4.69, 9.17) is 0 Å². The van der Waals surface area contributed by atoms with Gasteiger partial charge in [-0.1, -0.05) is 12.2 Å². The van der Waals surface area contributed by atoms with Gasteiger partial charge in [-0.25, -0.2) is 8.78 Å². The number of esters is 1. The number of carbonyl (C=O) groups excluding carboxylic acids is 2. The van der Waals surface area contributed by atoms with Crippen LogP contribution in [-0.2, 0) is 14.3 Å². The number of rotatable bonds is 6. The smallest absolute Gasteiger partial charge is 0.340 e. The average Bonchev–Trinajstić information content (AvgIpc) is 3.06. The third-order valence-corrected chi connectivity index (χ3v) is 4.68. The van der Waals surface area contributed by atoms with Crippen LogP contribution in [0.1, 0.15) is 19.3 Å².